The van der Waals surface area contributed by atoms with E-state index in [0.717, 1.165) is 42.9 Å². The molecular weight excluding hydrogens is 372 g/mol. The van der Waals surface area contributed by atoms with E-state index in [2.05, 4.69) is 40.6 Å². The number of piperidine rings is 1. The topological polar surface area (TPSA) is 51.1 Å². The summed E-state index contributed by atoms with van der Waals surface area (Å²) in [6.45, 7) is 1.94. The van der Waals surface area contributed by atoms with Gasteiger partial charge in [-0.3, -0.25) is 0 Å². The summed E-state index contributed by atoms with van der Waals surface area (Å²) < 4.78 is 5.24. The highest BCUT2D eigenvalue weighted by Gasteiger charge is 2.18. The highest BCUT2D eigenvalue weighted by atomic mass is 32.2. The SMILES string of the molecule is CSc1ccc(/C(=N/OCC(=O)OCc2ccccc2)N2CCCCC2)cc1. The maximum absolute atomic E-state index is 12.0. The van der Waals surface area contributed by atoms with Gasteiger partial charge in [-0.15, -0.1) is 11.8 Å². The van der Waals surface area contributed by atoms with Gasteiger partial charge in [-0.25, -0.2) is 4.79 Å². The Kier molecular flexibility index (Phi) is 7.79. The fourth-order valence-electron chi connectivity index (χ4n) is 3.06. The molecule has 0 aromatic heterocycles. The summed E-state index contributed by atoms with van der Waals surface area (Å²) in [6.07, 6.45) is 5.57. The van der Waals surface area contributed by atoms with Crippen molar-refractivity contribution in [2.75, 3.05) is 26.0 Å². The number of likely N-dealkylation sites (tertiary alicyclic amines) is 1. The summed E-state index contributed by atoms with van der Waals surface area (Å²) >= 11 is 1.70. The second kappa shape index (κ2) is 10.8. The number of esters is 1. The van der Waals surface area contributed by atoms with Crippen LogP contribution in [0.5, 0.6) is 0 Å². The van der Waals surface area contributed by atoms with Crippen LogP contribution in [0.1, 0.15) is 30.4 Å². The average Bonchev–Trinajstić information content (AvgIpc) is 2.77. The predicted molar refractivity (Wildman–Crippen MR) is 112 cm³/mol. The first-order valence-corrected chi connectivity index (χ1v) is 10.8. The van der Waals surface area contributed by atoms with Gasteiger partial charge in [0.05, 0.1) is 0 Å². The van der Waals surface area contributed by atoms with Crippen LogP contribution < -0.4 is 0 Å². The van der Waals surface area contributed by atoms with Crippen molar-refractivity contribution in [2.24, 2.45) is 5.16 Å². The molecule has 0 N–H and O–H groups in total. The van der Waals surface area contributed by atoms with E-state index >= 15 is 0 Å². The zero-order valence-electron chi connectivity index (χ0n) is 16.2. The molecule has 0 aliphatic carbocycles. The van der Waals surface area contributed by atoms with Gasteiger partial charge in [0.1, 0.15) is 6.61 Å². The minimum absolute atomic E-state index is 0.201. The van der Waals surface area contributed by atoms with Crippen molar-refractivity contribution in [3.63, 3.8) is 0 Å². The van der Waals surface area contributed by atoms with Crippen molar-refractivity contribution in [3.05, 3.63) is 65.7 Å². The standard InChI is InChI=1S/C22H26N2O3S/c1-28-20-12-10-19(11-13-20)22(24-14-6-3-7-15-24)23-27-17-21(25)26-16-18-8-4-2-5-9-18/h2,4-5,8-13H,3,6-7,14-17H2,1H3/b23-22-. The number of rotatable bonds is 7. The van der Waals surface area contributed by atoms with E-state index < -0.39 is 5.97 Å². The van der Waals surface area contributed by atoms with Crippen LogP contribution >= 0.6 is 11.8 Å². The normalized spacial score (nSPS) is 14.6. The Morgan fingerprint density at radius 3 is 2.43 bits per heavy atom. The Morgan fingerprint density at radius 1 is 1.04 bits per heavy atom. The third-order valence-electron chi connectivity index (χ3n) is 4.58. The van der Waals surface area contributed by atoms with Crippen LogP contribution in [0.15, 0.2) is 64.6 Å². The molecule has 0 unspecified atom stereocenters. The number of oxime groups is 1. The van der Waals surface area contributed by atoms with Gasteiger partial charge in [0.2, 0.25) is 6.61 Å². The quantitative estimate of drug-likeness (QED) is 0.229. The summed E-state index contributed by atoms with van der Waals surface area (Å²) in [6, 6.07) is 17.8. The minimum atomic E-state index is -0.427. The second-order valence-electron chi connectivity index (χ2n) is 6.61. The van der Waals surface area contributed by atoms with Crippen molar-refractivity contribution in [2.45, 2.75) is 30.8 Å². The van der Waals surface area contributed by atoms with Gasteiger partial charge in [-0.2, -0.15) is 0 Å². The Hall–Kier alpha value is -2.47. The number of thioether (sulfide) groups is 1. The zero-order chi connectivity index (χ0) is 19.6. The van der Waals surface area contributed by atoms with E-state index in [4.69, 9.17) is 9.57 Å². The largest absolute Gasteiger partial charge is 0.458 e. The number of benzene rings is 2. The van der Waals surface area contributed by atoms with Crippen molar-refractivity contribution >= 4 is 23.6 Å². The molecule has 0 atom stereocenters. The molecule has 2 aromatic rings. The van der Waals surface area contributed by atoms with E-state index in [9.17, 15) is 4.79 Å². The Morgan fingerprint density at radius 2 is 1.75 bits per heavy atom. The Bertz CT molecular complexity index is 772. The van der Waals surface area contributed by atoms with Gasteiger partial charge in [0.25, 0.3) is 0 Å². The number of hydrogen-bond donors (Lipinski definition) is 0. The van der Waals surface area contributed by atoms with Crippen LogP contribution in [-0.4, -0.2) is 42.7 Å². The molecule has 0 bridgehead atoms. The van der Waals surface area contributed by atoms with Gasteiger partial charge in [-0.05, 0) is 43.2 Å². The molecule has 28 heavy (non-hydrogen) atoms. The number of carbonyl (C=O) groups is 1. The Labute approximate surface area is 170 Å². The summed E-state index contributed by atoms with van der Waals surface area (Å²) in [5.41, 5.74) is 1.94. The molecule has 1 aliphatic heterocycles. The third-order valence-corrected chi connectivity index (χ3v) is 5.32. The van der Waals surface area contributed by atoms with Crippen LogP contribution in [0, 0.1) is 0 Å². The minimum Gasteiger partial charge on any atom is -0.458 e. The number of carbonyl (C=O) groups excluding carboxylic acids is 1. The van der Waals surface area contributed by atoms with E-state index in [1.165, 1.54) is 11.3 Å². The lowest BCUT2D eigenvalue weighted by Gasteiger charge is -2.29. The van der Waals surface area contributed by atoms with Gasteiger partial charge >= 0.3 is 5.97 Å². The number of amidine groups is 1. The molecule has 0 amide bonds. The first-order valence-electron chi connectivity index (χ1n) is 9.55. The lowest BCUT2D eigenvalue weighted by molar-refractivity contribution is -0.150. The number of ether oxygens (including phenoxy) is 1. The fraction of sp³-hybridized carbons (Fsp3) is 0.364. The van der Waals surface area contributed by atoms with E-state index in [1.54, 1.807) is 11.8 Å². The summed E-state index contributed by atoms with van der Waals surface area (Å²) in [5.74, 6) is 0.353. The highest BCUT2D eigenvalue weighted by molar-refractivity contribution is 7.98. The first-order chi connectivity index (χ1) is 13.8. The van der Waals surface area contributed by atoms with Crippen molar-refractivity contribution in [3.8, 4) is 0 Å². The molecular formula is C22H26N2O3S. The monoisotopic (exact) mass is 398 g/mol. The average molecular weight is 399 g/mol. The van der Waals surface area contributed by atoms with Crippen LogP contribution in [0.4, 0.5) is 0 Å². The number of hydrogen-bond acceptors (Lipinski definition) is 5. The molecule has 1 saturated heterocycles. The molecule has 148 valence electrons. The molecule has 1 fully saturated rings. The molecule has 1 heterocycles. The first kappa shape index (κ1) is 20.3. The molecule has 0 spiro atoms. The van der Waals surface area contributed by atoms with Gasteiger partial charge in [0.15, 0.2) is 5.84 Å². The molecule has 2 aromatic carbocycles. The van der Waals surface area contributed by atoms with Crippen molar-refractivity contribution in [1.82, 2.24) is 4.90 Å². The Balaban J connectivity index is 1.60. The van der Waals surface area contributed by atoms with Crippen LogP contribution in [-0.2, 0) is 21.0 Å². The highest BCUT2D eigenvalue weighted by Crippen LogP contribution is 2.18. The molecule has 1 aliphatic rings. The van der Waals surface area contributed by atoms with Gasteiger partial charge < -0.3 is 14.5 Å². The van der Waals surface area contributed by atoms with Gasteiger partial charge in [-0.1, -0.05) is 47.6 Å². The number of nitrogens with zero attached hydrogens (tertiary/aromatic N) is 2. The molecule has 5 nitrogen and oxygen atoms in total. The maximum atomic E-state index is 12.0. The molecule has 0 radical (unpaired) electrons. The van der Waals surface area contributed by atoms with Gasteiger partial charge in [0, 0.05) is 23.5 Å². The predicted octanol–water partition coefficient (Wildman–Crippen LogP) is 4.32. The molecule has 0 saturated carbocycles. The second-order valence-corrected chi connectivity index (χ2v) is 7.49. The summed E-state index contributed by atoms with van der Waals surface area (Å²) in [7, 11) is 0. The summed E-state index contributed by atoms with van der Waals surface area (Å²) in [5, 5.41) is 4.30. The van der Waals surface area contributed by atoms with Crippen LogP contribution in [0.2, 0.25) is 0 Å². The summed E-state index contributed by atoms with van der Waals surface area (Å²) in [4.78, 5) is 20.8. The van der Waals surface area contributed by atoms with Crippen LogP contribution in [0.25, 0.3) is 0 Å². The maximum Gasteiger partial charge on any atom is 0.347 e. The lowest BCUT2D eigenvalue weighted by Crippen LogP contribution is -2.36. The zero-order valence-corrected chi connectivity index (χ0v) is 17.0. The van der Waals surface area contributed by atoms with E-state index in [1.807, 2.05) is 30.3 Å². The van der Waals surface area contributed by atoms with Crippen molar-refractivity contribution < 1.29 is 14.4 Å². The van der Waals surface area contributed by atoms with Crippen molar-refractivity contribution in [1.29, 1.82) is 0 Å². The molecule has 6 heteroatoms. The molecule has 3 rings (SSSR count). The van der Waals surface area contributed by atoms with E-state index in [0.29, 0.717) is 0 Å². The van der Waals surface area contributed by atoms with Crippen LogP contribution in [0.3, 0.4) is 0 Å². The fourth-order valence-corrected chi connectivity index (χ4v) is 3.47. The lowest BCUT2D eigenvalue weighted by atomic mass is 10.1. The third kappa shape index (κ3) is 6.02. The van der Waals surface area contributed by atoms with E-state index in [-0.39, 0.29) is 13.2 Å². The smallest absolute Gasteiger partial charge is 0.347 e.